The number of amides is 2. The lowest BCUT2D eigenvalue weighted by atomic mass is 9.84. The number of piperidine rings is 1. The van der Waals surface area contributed by atoms with Gasteiger partial charge in [-0.25, -0.2) is 4.98 Å². The highest BCUT2D eigenvalue weighted by atomic mass is 16.5. The third-order valence-corrected chi connectivity index (χ3v) is 6.37. The summed E-state index contributed by atoms with van der Waals surface area (Å²) in [6.07, 6.45) is 8.28. The minimum absolute atomic E-state index is 0.0965. The number of benzene rings is 1. The molecule has 2 aromatic rings. The van der Waals surface area contributed by atoms with Crippen molar-refractivity contribution in [3.63, 3.8) is 0 Å². The van der Waals surface area contributed by atoms with Crippen LogP contribution in [0.3, 0.4) is 0 Å². The standard InChI is InChI=1S/C25H36N4O3/c1-19(2)14-24(30)27(3)23(16-20-6-5-7-22(15-20)32-4)21-8-11-29(12-9-21)25(31)17-28-13-10-26-18-28/h5-7,10,13,15,18-19,21,23H,8-9,11-12,14,16-17H2,1-4H3. The van der Waals surface area contributed by atoms with Crippen molar-refractivity contribution in [3.05, 3.63) is 48.5 Å². The number of rotatable bonds is 9. The highest BCUT2D eigenvalue weighted by Crippen LogP contribution is 2.28. The highest BCUT2D eigenvalue weighted by Gasteiger charge is 2.32. The van der Waals surface area contributed by atoms with Crippen LogP contribution in [0.2, 0.25) is 0 Å². The predicted octanol–water partition coefficient (Wildman–Crippen LogP) is 3.25. The molecule has 32 heavy (non-hydrogen) atoms. The van der Waals surface area contributed by atoms with Gasteiger partial charge in [0.1, 0.15) is 12.3 Å². The van der Waals surface area contributed by atoms with Gasteiger partial charge in [-0.2, -0.15) is 0 Å². The fourth-order valence-corrected chi connectivity index (χ4v) is 4.51. The van der Waals surface area contributed by atoms with E-state index in [1.807, 2.05) is 35.2 Å². The average Bonchev–Trinajstić information content (AvgIpc) is 3.30. The Morgan fingerprint density at radius 2 is 2.00 bits per heavy atom. The average molecular weight is 441 g/mol. The zero-order valence-electron chi connectivity index (χ0n) is 19.7. The molecule has 0 aliphatic carbocycles. The maximum absolute atomic E-state index is 12.9. The Bertz CT molecular complexity index is 873. The normalized spacial score (nSPS) is 15.6. The zero-order chi connectivity index (χ0) is 23.1. The van der Waals surface area contributed by atoms with Gasteiger partial charge < -0.3 is 19.1 Å². The first-order valence-electron chi connectivity index (χ1n) is 11.5. The van der Waals surface area contributed by atoms with E-state index in [1.54, 1.807) is 24.2 Å². The molecule has 0 spiro atoms. The van der Waals surface area contributed by atoms with Crippen LogP contribution in [0.4, 0.5) is 0 Å². The largest absolute Gasteiger partial charge is 0.497 e. The molecule has 0 saturated carbocycles. The quantitative estimate of drug-likeness (QED) is 0.600. The third-order valence-electron chi connectivity index (χ3n) is 6.37. The van der Waals surface area contributed by atoms with Crippen LogP contribution in [0.25, 0.3) is 0 Å². The Labute approximate surface area is 191 Å². The van der Waals surface area contributed by atoms with Gasteiger partial charge in [-0.1, -0.05) is 26.0 Å². The Morgan fingerprint density at radius 1 is 1.25 bits per heavy atom. The maximum Gasteiger partial charge on any atom is 0.242 e. The predicted molar refractivity (Wildman–Crippen MR) is 124 cm³/mol. The molecule has 1 saturated heterocycles. The lowest BCUT2D eigenvalue weighted by molar-refractivity contribution is -0.137. The number of methoxy groups -OCH3 is 1. The summed E-state index contributed by atoms with van der Waals surface area (Å²) < 4.78 is 7.20. The SMILES string of the molecule is COc1cccc(CC(C2CCN(C(=O)Cn3ccnc3)CC2)N(C)C(=O)CC(C)C)c1. The van der Waals surface area contributed by atoms with Gasteiger partial charge in [-0.15, -0.1) is 0 Å². The molecule has 3 rings (SSSR count). The van der Waals surface area contributed by atoms with Gasteiger partial charge in [0.05, 0.1) is 13.4 Å². The van der Waals surface area contributed by atoms with E-state index in [2.05, 4.69) is 31.0 Å². The van der Waals surface area contributed by atoms with Crippen molar-refractivity contribution in [2.24, 2.45) is 11.8 Å². The summed E-state index contributed by atoms with van der Waals surface area (Å²) in [4.78, 5) is 33.5. The lowest BCUT2D eigenvalue weighted by Crippen LogP contribution is -2.49. The van der Waals surface area contributed by atoms with Gasteiger partial charge >= 0.3 is 0 Å². The van der Waals surface area contributed by atoms with Gasteiger partial charge in [0.2, 0.25) is 11.8 Å². The monoisotopic (exact) mass is 440 g/mol. The zero-order valence-corrected chi connectivity index (χ0v) is 19.7. The molecular weight excluding hydrogens is 404 g/mol. The van der Waals surface area contributed by atoms with E-state index in [-0.39, 0.29) is 17.9 Å². The van der Waals surface area contributed by atoms with Gasteiger partial charge in [0.15, 0.2) is 0 Å². The molecule has 1 fully saturated rings. The van der Waals surface area contributed by atoms with Crippen LogP contribution in [-0.4, -0.2) is 64.5 Å². The summed E-state index contributed by atoms with van der Waals surface area (Å²) in [7, 11) is 3.61. The number of carbonyl (C=O) groups excluding carboxylic acids is 2. The molecule has 1 aromatic heterocycles. The number of likely N-dealkylation sites (N-methyl/N-ethyl adjacent to an activating group) is 1. The van der Waals surface area contributed by atoms with Crippen LogP contribution < -0.4 is 4.74 Å². The fraction of sp³-hybridized carbons (Fsp3) is 0.560. The van der Waals surface area contributed by atoms with E-state index in [1.165, 1.54) is 0 Å². The van der Waals surface area contributed by atoms with Crippen molar-refractivity contribution < 1.29 is 14.3 Å². The van der Waals surface area contributed by atoms with E-state index in [0.717, 1.165) is 43.7 Å². The minimum atomic E-state index is 0.0965. The molecule has 7 nitrogen and oxygen atoms in total. The van der Waals surface area contributed by atoms with Gasteiger partial charge in [0.25, 0.3) is 0 Å². The Balaban J connectivity index is 1.68. The molecule has 1 unspecified atom stereocenters. The second-order valence-corrected chi connectivity index (χ2v) is 9.18. The van der Waals surface area contributed by atoms with Crippen molar-refractivity contribution in [1.82, 2.24) is 19.4 Å². The van der Waals surface area contributed by atoms with E-state index in [0.29, 0.717) is 24.8 Å². The summed E-state index contributed by atoms with van der Waals surface area (Å²) in [6.45, 7) is 5.92. The molecule has 1 aliphatic heterocycles. The topological polar surface area (TPSA) is 67.7 Å². The number of imidazole rings is 1. The first kappa shape index (κ1) is 23.8. The summed E-state index contributed by atoms with van der Waals surface area (Å²) in [5.74, 6) is 1.81. The van der Waals surface area contributed by atoms with E-state index < -0.39 is 0 Å². The number of nitrogens with zero attached hydrogens (tertiary/aromatic N) is 4. The number of ether oxygens (including phenoxy) is 1. The van der Waals surface area contributed by atoms with Crippen molar-refractivity contribution in [1.29, 1.82) is 0 Å². The van der Waals surface area contributed by atoms with Crippen LogP contribution >= 0.6 is 0 Å². The van der Waals surface area contributed by atoms with Crippen molar-refractivity contribution in [2.75, 3.05) is 27.2 Å². The highest BCUT2D eigenvalue weighted by molar-refractivity contribution is 5.77. The molecule has 0 radical (unpaired) electrons. The van der Waals surface area contributed by atoms with E-state index in [4.69, 9.17) is 4.74 Å². The summed E-state index contributed by atoms with van der Waals surface area (Å²) in [5.41, 5.74) is 1.16. The van der Waals surface area contributed by atoms with Crippen LogP contribution in [-0.2, 0) is 22.6 Å². The summed E-state index contributed by atoms with van der Waals surface area (Å²) in [6, 6.07) is 8.19. The number of likely N-dealkylation sites (tertiary alicyclic amines) is 1. The maximum atomic E-state index is 12.9. The second kappa shape index (κ2) is 11.2. The molecule has 1 aliphatic rings. The van der Waals surface area contributed by atoms with E-state index in [9.17, 15) is 9.59 Å². The van der Waals surface area contributed by atoms with Crippen LogP contribution in [0.5, 0.6) is 5.75 Å². The molecule has 174 valence electrons. The van der Waals surface area contributed by atoms with Crippen LogP contribution in [0, 0.1) is 11.8 Å². The second-order valence-electron chi connectivity index (χ2n) is 9.18. The summed E-state index contributed by atoms with van der Waals surface area (Å²) >= 11 is 0. The molecule has 2 heterocycles. The summed E-state index contributed by atoms with van der Waals surface area (Å²) in [5, 5.41) is 0. The van der Waals surface area contributed by atoms with Gasteiger partial charge in [-0.05, 0) is 48.8 Å². The molecule has 1 atom stereocenters. The molecule has 2 amide bonds. The van der Waals surface area contributed by atoms with Crippen molar-refractivity contribution >= 4 is 11.8 Å². The third kappa shape index (κ3) is 6.34. The van der Waals surface area contributed by atoms with Crippen LogP contribution in [0.1, 0.15) is 38.7 Å². The minimum Gasteiger partial charge on any atom is -0.497 e. The van der Waals surface area contributed by atoms with Gasteiger partial charge in [-0.3, -0.25) is 9.59 Å². The van der Waals surface area contributed by atoms with Crippen molar-refractivity contribution in [3.8, 4) is 5.75 Å². The molecular formula is C25H36N4O3. The van der Waals surface area contributed by atoms with Crippen LogP contribution in [0.15, 0.2) is 43.0 Å². The van der Waals surface area contributed by atoms with Gasteiger partial charge in [0, 0.05) is 45.0 Å². The molecule has 7 heteroatoms. The molecule has 1 aromatic carbocycles. The molecule has 0 N–H and O–H groups in total. The Morgan fingerprint density at radius 3 is 2.62 bits per heavy atom. The number of hydrogen-bond donors (Lipinski definition) is 0. The smallest absolute Gasteiger partial charge is 0.242 e. The Hall–Kier alpha value is -2.83. The number of hydrogen-bond acceptors (Lipinski definition) is 4. The van der Waals surface area contributed by atoms with Crippen molar-refractivity contribution in [2.45, 2.75) is 52.1 Å². The molecule has 0 bridgehead atoms. The lowest BCUT2D eigenvalue weighted by Gasteiger charge is -2.40. The number of aromatic nitrogens is 2. The first-order valence-corrected chi connectivity index (χ1v) is 11.5. The number of carbonyl (C=O) groups is 2. The fourth-order valence-electron chi connectivity index (χ4n) is 4.51. The first-order chi connectivity index (χ1) is 15.4. The Kier molecular flexibility index (Phi) is 8.31. The van der Waals surface area contributed by atoms with E-state index >= 15 is 0 Å².